The standard InChI is InChI=1S/C14H17NO3S2/c1-3-15(11-12-7-6-10-19-12)20(16,17)14-9-5-4-8-13(14)18-2/h4-10H,3,11H2,1-2H3. The Balaban J connectivity index is 2.36. The molecule has 2 rings (SSSR count). The van der Waals surface area contributed by atoms with Gasteiger partial charge in [0.1, 0.15) is 10.6 Å². The zero-order chi connectivity index (χ0) is 14.6. The molecule has 0 aliphatic carbocycles. The molecular weight excluding hydrogens is 294 g/mol. The molecule has 0 aliphatic heterocycles. The molecule has 0 atom stereocenters. The second-order valence-corrected chi connectivity index (χ2v) is 7.10. The van der Waals surface area contributed by atoms with Crippen molar-refractivity contribution in [3.05, 3.63) is 46.7 Å². The summed E-state index contributed by atoms with van der Waals surface area (Å²) in [6, 6.07) is 10.5. The van der Waals surface area contributed by atoms with Crippen LogP contribution in [0.2, 0.25) is 0 Å². The largest absolute Gasteiger partial charge is 0.495 e. The molecule has 0 saturated carbocycles. The van der Waals surface area contributed by atoms with E-state index in [4.69, 9.17) is 4.74 Å². The van der Waals surface area contributed by atoms with Crippen LogP contribution in [0.5, 0.6) is 5.75 Å². The van der Waals surface area contributed by atoms with Gasteiger partial charge in [-0.1, -0.05) is 25.1 Å². The lowest BCUT2D eigenvalue weighted by atomic mass is 10.3. The Morgan fingerprint density at radius 1 is 1.20 bits per heavy atom. The second-order valence-electron chi connectivity index (χ2n) is 4.16. The number of hydrogen-bond donors (Lipinski definition) is 0. The molecule has 2 aromatic rings. The van der Waals surface area contributed by atoms with Crippen LogP contribution in [0.1, 0.15) is 11.8 Å². The van der Waals surface area contributed by atoms with Crippen LogP contribution >= 0.6 is 11.3 Å². The first-order valence-corrected chi connectivity index (χ1v) is 8.57. The third-order valence-electron chi connectivity index (χ3n) is 2.95. The summed E-state index contributed by atoms with van der Waals surface area (Å²) >= 11 is 1.55. The summed E-state index contributed by atoms with van der Waals surface area (Å²) in [5.41, 5.74) is 0. The normalized spacial score (nSPS) is 11.8. The summed E-state index contributed by atoms with van der Waals surface area (Å²) in [5.74, 6) is 0.372. The van der Waals surface area contributed by atoms with E-state index in [1.54, 1.807) is 35.6 Å². The third-order valence-corrected chi connectivity index (χ3v) is 5.77. The predicted molar refractivity (Wildman–Crippen MR) is 80.6 cm³/mol. The highest BCUT2D eigenvalue weighted by Crippen LogP contribution is 2.27. The van der Waals surface area contributed by atoms with Gasteiger partial charge >= 0.3 is 0 Å². The summed E-state index contributed by atoms with van der Waals surface area (Å²) in [4.78, 5) is 1.23. The average Bonchev–Trinajstić information content (AvgIpc) is 2.97. The van der Waals surface area contributed by atoms with Crippen LogP contribution in [0.15, 0.2) is 46.7 Å². The molecule has 0 N–H and O–H groups in total. The zero-order valence-electron chi connectivity index (χ0n) is 11.4. The summed E-state index contributed by atoms with van der Waals surface area (Å²) in [7, 11) is -2.08. The van der Waals surface area contributed by atoms with Crippen molar-refractivity contribution in [2.24, 2.45) is 0 Å². The first-order valence-electron chi connectivity index (χ1n) is 6.25. The Hall–Kier alpha value is -1.37. The van der Waals surface area contributed by atoms with Gasteiger partial charge in [-0.2, -0.15) is 4.31 Å². The second kappa shape index (κ2) is 6.39. The number of hydrogen-bond acceptors (Lipinski definition) is 4. The summed E-state index contributed by atoms with van der Waals surface area (Å²) in [6.07, 6.45) is 0. The number of ether oxygens (including phenoxy) is 1. The van der Waals surface area contributed by atoms with Crippen LogP contribution in [0.25, 0.3) is 0 Å². The van der Waals surface area contributed by atoms with E-state index in [2.05, 4.69) is 0 Å². The first-order chi connectivity index (χ1) is 9.59. The van der Waals surface area contributed by atoms with Crippen molar-refractivity contribution < 1.29 is 13.2 Å². The van der Waals surface area contributed by atoms with Crippen LogP contribution in [0, 0.1) is 0 Å². The molecule has 1 heterocycles. The Morgan fingerprint density at radius 2 is 1.95 bits per heavy atom. The van der Waals surface area contributed by atoms with Gasteiger partial charge in [0.2, 0.25) is 10.0 Å². The molecule has 108 valence electrons. The van der Waals surface area contributed by atoms with Gasteiger partial charge in [-0.3, -0.25) is 0 Å². The van der Waals surface area contributed by atoms with Gasteiger partial charge in [-0.05, 0) is 23.6 Å². The third kappa shape index (κ3) is 3.03. The quantitative estimate of drug-likeness (QED) is 0.824. The van der Waals surface area contributed by atoms with Crippen LogP contribution in [-0.2, 0) is 16.6 Å². The fourth-order valence-corrected chi connectivity index (χ4v) is 4.30. The van der Waals surface area contributed by atoms with Crippen molar-refractivity contribution in [3.63, 3.8) is 0 Å². The van der Waals surface area contributed by atoms with Crippen molar-refractivity contribution in [2.45, 2.75) is 18.4 Å². The average molecular weight is 311 g/mol. The topological polar surface area (TPSA) is 46.6 Å². The number of para-hydroxylation sites is 1. The highest BCUT2D eigenvalue weighted by Gasteiger charge is 2.26. The van der Waals surface area contributed by atoms with E-state index in [0.29, 0.717) is 18.8 Å². The Bertz CT molecular complexity index is 651. The summed E-state index contributed by atoms with van der Waals surface area (Å²) in [5, 5.41) is 1.94. The molecule has 1 aromatic heterocycles. The molecule has 0 saturated heterocycles. The van der Waals surface area contributed by atoms with Crippen molar-refractivity contribution in [1.29, 1.82) is 0 Å². The molecule has 0 fully saturated rings. The lowest BCUT2D eigenvalue weighted by Crippen LogP contribution is -2.30. The smallest absolute Gasteiger partial charge is 0.247 e. The molecule has 0 radical (unpaired) electrons. The van der Waals surface area contributed by atoms with Gasteiger partial charge in [-0.25, -0.2) is 8.42 Å². The SMILES string of the molecule is CCN(Cc1cccs1)S(=O)(=O)c1ccccc1OC. The van der Waals surface area contributed by atoms with E-state index < -0.39 is 10.0 Å². The summed E-state index contributed by atoms with van der Waals surface area (Å²) < 4.78 is 32.1. The lowest BCUT2D eigenvalue weighted by Gasteiger charge is -2.21. The number of methoxy groups -OCH3 is 1. The van der Waals surface area contributed by atoms with E-state index in [1.165, 1.54) is 11.4 Å². The van der Waals surface area contributed by atoms with Crippen LogP contribution in [0.3, 0.4) is 0 Å². The Labute approximate surface area is 123 Å². The fourth-order valence-electron chi connectivity index (χ4n) is 1.91. The minimum atomic E-state index is -3.55. The van der Waals surface area contributed by atoms with Crippen molar-refractivity contribution in [1.82, 2.24) is 4.31 Å². The number of thiophene rings is 1. The molecule has 4 nitrogen and oxygen atoms in total. The number of rotatable bonds is 6. The van der Waals surface area contributed by atoms with Crippen LogP contribution in [-0.4, -0.2) is 26.4 Å². The molecule has 1 aromatic carbocycles. The molecule has 20 heavy (non-hydrogen) atoms. The number of sulfonamides is 1. The van der Waals surface area contributed by atoms with Crippen molar-refractivity contribution in [2.75, 3.05) is 13.7 Å². The van der Waals surface area contributed by atoms with Gasteiger partial charge in [0, 0.05) is 18.0 Å². The molecule has 0 unspecified atom stereocenters. The van der Waals surface area contributed by atoms with Gasteiger partial charge in [0.05, 0.1) is 7.11 Å². The van der Waals surface area contributed by atoms with Gasteiger partial charge in [0.15, 0.2) is 0 Å². The van der Waals surface area contributed by atoms with E-state index in [-0.39, 0.29) is 4.90 Å². The molecule has 0 bridgehead atoms. The van der Waals surface area contributed by atoms with E-state index in [1.807, 2.05) is 24.4 Å². The number of benzene rings is 1. The fraction of sp³-hybridized carbons (Fsp3) is 0.286. The van der Waals surface area contributed by atoms with Crippen molar-refractivity contribution >= 4 is 21.4 Å². The highest BCUT2D eigenvalue weighted by molar-refractivity contribution is 7.89. The van der Waals surface area contributed by atoms with E-state index in [0.717, 1.165) is 4.88 Å². The van der Waals surface area contributed by atoms with Crippen LogP contribution < -0.4 is 4.74 Å². The molecule has 6 heteroatoms. The monoisotopic (exact) mass is 311 g/mol. The lowest BCUT2D eigenvalue weighted by molar-refractivity contribution is 0.392. The van der Waals surface area contributed by atoms with E-state index in [9.17, 15) is 8.42 Å². The maximum atomic E-state index is 12.7. The maximum absolute atomic E-state index is 12.7. The molecule has 0 aliphatic rings. The molecular formula is C14H17NO3S2. The maximum Gasteiger partial charge on any atom is 0.247 e. The number of nitrogens with zero attached hydrogens (tertiary/aromatic N) is 1. The van der Waals surface area contributed by atoms with Crippen molar-refractivity contribution in [3.8, 4) is 5.75 Å². The van der Waals surface area contributed by atoms with Gasteiger partial charge in [0.25, 0.3) is 0 Å². The highest BCUT2D eigenvalue weighted by atomic mass is 32.2. The van der Waals surface area contributed by atoms with Crippen LogP contribution in [0.4, 0.5) is 0 Å². The van der Waals surface area contributed by atoms with E-state index >= 15 is 0 Å². The van der Waals surface area contributed by atoms with Gasteiger partial charge < -0.3 is 4.74 Å². The minimum absolute atomic E-state index is 0.209. The first kappa shape index (κ1) is 15.0. The predicted octanol–water partition coefficient (Wildman–Crippen LogP) is 2.97. The molecule has 0 spiro atoms. The van der Waals surface area contributed by atoms with Gasteiger partial charge in [-0.15, -0.1) is 11.3 Å². The minimum Gasteiger partial charge on any atom is -0.495 e. The Morgan fingerprint density at radius 3 is 2.55 bits per heavy atom. The summed E-state index contributed by atoms with van der Waals surface area (Å²) in [6.45, 7) is 2.63. The zero-order valence-corrected chi connectivity index (χ0v) is 13.1. The molecule has 0 amide bonds. The Kier molecular flexibility index (Phi) is 4.80.